The molecule has 20 heavy (non-hydrogen) atoms. The van der Waals surface area contributed by atoms with Gasteiger partial charge < -0.3 is 4.74 Å². The van der Waals surface area contributed by atoms with Crippen LogP contribution in [0.15, 0.2) is 0 Å². The van der Waals surface area contributed by atoms with Crippen molar-refractivity contribution in [2.45, 2.75) is 76.3 Å². The minimum Gasteiger partial charge on any atom is -0.468 e. The number of methoxy groups -OCH3 is 1. The van der Waals surface area contributed by atoms with E-state index in [2.05, 4.69) is 12.2 Å². The average Bonchev–Trinajstić information content (AvgIpc) is 2.41. The number of nitrogens with one attached hydrogen (secondary N) is 1. The molecule has 0 spiro atoms. The standard InChI is InChI=1S/C17H29NO2/c1-3-4-5-15(16(19)20-2)18-17-9-12-6-13(10-17)8-14(7-12)11-17/h12-15,18H,3-11H2,1-2H3. The van der Waals surface area contributed by atoms with E-state index in [1.165, 1.54) is 45.6 Å². The number of hydrogen-bond donors (Lipinski definition) is 1. The predicted octanol–water partition coefficient (Wildman–Crippen LogP) is 3.28. The van der Waals surface area contributed by atoms with Crippen LogP contribution >= 0.6 is 0 Å². The summed E-state index contributed by atoms with van der Waals surface area (Å²) in [6, 6.07) is -0.0869. The average molecular weight is 279 g/mol. The summed E-state index contributed by atoms with van der Waals surface area (Å²) >= 11 is 0. The van der Waals surface area contributed by atoms with Crippen LogP contribution in [0.1, 0.15) is 64.7 Å². The molecule has 0 saturated heterocycles. The first-order valence-corrected chi connectivity index (χ1v) is 8.49. The molecule has 3 heteroatoms. The van der Waals surface area contributed by atoms with Gasteiger partial charge >= 0.3 is 5.97 Å². The van der Waals surface area contributed by atoms with Crippen molar-refractivity contribution in [1.29, 1.82) is 0 Å². The highest BCUT2D eigenvalue weighted by molar-refractivity contribution is 5.75. The van der Waals surface area contributed by atoms with Gasteiger partial charge in [-0.25, -0.2) is 0 Å². The molecule has 4 rings (SSSR count). The van der Waals surface area contributed by atoms with Crippen LogP contribution in [-0.2, 0) is 9.53 Å². The first kappa shape index (κ1) is 14.4. The van der Waals surface area contributed by atoms with Crippen molar-refractivity contribution in [2.24, 2.45) is 17.8 Å². The lowest BCUT2D eigenvalue weighted by atomic mass is 9.53. The van der Waals surface area contributed by atoms with Crippen molar-refractivity contribution in [3.8, 4) is 0 Å². The fraction of sp³-hybridized carbons (Fsp3) is 0.941. The molecule has 3 nitrogen and oxygen atoms in total. The molecule has 4 aliphatic carbocycles. The van der Waals surface area contributed by atoms with E-state index < -0.39 is 0 Å². The highest BCUT2D eigenvalue weighted by Crippen LogP contribution is 2.55. The summed E-state index contributed by atoms with van der Waals surface area (Å²) in [5, 5.41) is 3.77. The summed E-state index contributed by atoms with van der Waals surface area (Å²) in [5.41, 5.74) is 0.251. The lowest BCUT2D eigenvalue weighted by Gasteiger charge is -2.57. The molecule has 0 radical (unpaired) electrons. The van der Waals surface area contributed by atoms with E-state index in [1.54, 1.807) is 0 Å². The van der Waals surface area contributed by atoms with Gasteiger partial charge in [-0.15, -0.1) is 0 Å². The first-order valence-electron chi connectivity index (χ1n) is 8.49. The molecule has 0 aromatic rings. The Morgan fingerprint density at radius 2 is 1.75 bits per heavy atom. The zero-order chi connectivity index (χ0) is 14.2. The first-order chi connectivity index (χ1) is 9.64. The summed E-state index contributed by atoms with van der Waals surface area (Å²) < 4.78 is 5.02. The third-order valence-electron chi connectivity index (χ3n) is 5.85. The second kappa shape index (κ2) is 5.67. The van der Waals surface area contributed by atoms with E-state index >= 15 is 0 Å². The van der Waals surface area contributed by atoms with E-state index in [0.717, 1.165) is 37.0 Å². The van der Waals surface area contributed by atoms with Crippen LogP contribution in [0.5, 0.6) is 0 Å². The Kier molecular flexibility index (Phi) is 4.07. The van der Waals surface area contributed by atoms with Gasteiger partial charge in [0.15, 0.2) is 0 Å². The Hall–Kier alpha value is -0.570. The quantitative estimate of drug-likeness (QED) is 0.758. The van der Waals surface area contributed by atoms with Crippen molar-refractivity contribution >= 4 is 5.97 Å². The number of ether oxygens (including phenoxy) is 1. The summed E-state index contributed by atoms with van der Waals surface area (Å²) in [5.74, 6) is 2.68. The van der Waals surface area contributed by atoms with Crippen LogP contribution in [0.25, 0.3) is 0 Å². The lowest BCUT2D eigenvalue weighted by Crippen LogP contribution is -2.62. The number of rotatable bonds is 6. The van der Waals surface area contributed by atoms with Crippen LogP contribution in [0.2, 0.25) is 0 Å². The molecule has 4 fully saturated rings. The maximum atomic E-state index is 12.1. The molecule has 1 unspecified atom stereocenters. The van der Waals surface area contributed by atoms with Crippen LogP contribution in [-0.4, -0.2) is 24.7 Å². The van der Waals surface area contributed by atoms with Crippen LogP contribution in [0.4, 0.5) is 0 Å². The lowest BCUT2D eigenvalue weighted by molar-refractivity contribution is -0.145. The largest absolute Gasteiger partial charge is 0.468 e. The molecule has 1 atom stereocenters. The fourth-order valence-electron chi connectivity index (χ4n) is 5.46. The van der Waals surface area contributed by atoms with Crippen molar-refractivity contribution in [1.82, 2.24) is 5.32 Å². The second-order valence-corrected chi connectivity index (χ2v) is 7.56. The number of unbranched alkanes of at least 4 members (excludes halogenated alkanes) is 1. The molecule has 4 aliphatic rings. The molecule has 4 bridgehead atoms. The van der Waals surface area contributed by atoms with Gasteiger partial charge in [-0.05, 0) is 62.7 Å². The Morgan fingerprint density at radius 3 is 2.20 bits per heavy atom. The van der Waals surface area contributed by atoms with Crippen molar-refractivity contribution < 1.29 is 9.53 Å². The molecular formula is C17H29NO2. The summed E-state index contributed by atoms with van der Waals surface area (Å²) in [6.45, 7) is 2.18. The van der Waals surface area contributed by atoms with Crippen molar-refractivity contribution in [3.05, 3.63) is 0 Å². The van der Waals surface area contributed by atoms with E-state index in [0.29, 0.717) is 0 Å². The summed E-state index contributed by atoms with van der Waals surface area (Å²) in [7, 11) is 1.52. The van der Waals surface area contributed by atoms with Crippen LogP contribution in [0, 0.1) is 17.8 Å². The number of carbonyl (C=O) groups excluding carboxylic acids is 1. The van der Waals surface area contributed by atoms with Gasteiger partial charge in [-0.1, -0.05) is 19.8 Å². The third-order valence-corrected chi connectivity index (χ3v) is 5.85. The zero-order valence-electron chi connectivity index (χ0n) is 13.0. The topological polar surface area (TPSA) is 38.3 Å². The molecule has 114 valence electrons. The maximum Gasteiger partial charge on any atom is 0.322 e. The third kappa shape index (κ3) is 2.74. The minimum atomic E-state index is -0.0869. The summed E-state index contributed by atoms with van der Waals surface area (Å²) in [4.78, 5) is 12.1. The predicted molar refractivity (Wildman–Crippen MR) is 79.4 cm³/mol. The Labute approximate surface area is 122 Å². The molecule has 0 amide bonds. The van der Waals surface area contributed by atoms with E-state index in [-0.39, 0.29) is 17.6 Å². The SMILES string of the molecule is CCCCC(NC12CC3CC(CC(C3)C1)C2)C(=O)OC. The Balaban J connectivity index is 1.69. The van der Waals surface area contributed by atoms with E-state index in [1.807, 2.05) is 0 Å². The van der Waals surface area contributed by atoms with Crippen molar-refractivity contribution in [3.63, 3.8) is 0 Å². The van der Waals surface area contributed by atoms with Gasteiger partial charge in [0.1, 0.15) is 6.04 Å². The van der Waals surface area contributed by atoms with Crippen LogP contribution < -0.4 is 5.32 Å². The van der Waals surface area contributed by atoms with E-state index in [4.69, 9.17) is 4.74 Å². The number of hydrogen-bond acceptors (Lipinski definition) is 3. The maximum absolute atomic E-state index is 12.1. The normalized spacial score (nSPS) is 39.8. The minimum absolute atomic E-state index is 0.0609. The molecule has 0 heterocycles. The van der Waals surface area contributed by atoms with Gasteiger partial charge in [0, 0.05) is 5.54 Å². The Morgan fingerprint density at radius 1 is 1.20 bits per heavy atom. The monoisotopic (exact) mass is 279 g/mol. The van der Waals surface area contributed by atoms with Gasteiger partial charge in [0.2, 0.25) is 0 Å². The van der Waals surface area contributed by atoms with Gasteiger partial charge in [0.05, 0.1) is 7.11 Å². The van der Waals surface area contributed by atoms with E-state index in [9.17, 15) is 4.79 Å². The smallest absolute Gasteiger partial charge is 0.322 e. The summed E-state index contributed by atoms with van der Waals surface area (Å²) in [6.07, 6.45) is 11.4. The number of carbonyl (C=O) groups is 1. The zero-order valence-corrected chi connectivity index (χ0v) is 13.0. The van der Waals surface area contributed by atoms with Gasteiger partial charge in [-0.2, -0.15) is 0 Å². The highest BCUT2D eigenvalue weighted by atomic mass is 16.5. The molecular weight excluding hydrogens is 250 g/mol. The van der Waals surface area contributed by atoms with Crippen LogP contribution in [0.3, 0.4) is 0 Å². The highest BCUT2D eigenvalue weighted by Gasteiger charge is 2.51. The van der Waals surface area contributed by atoms with Gasteiger partial charge in [0.25, 0.3) is 0 Å². The van der Waals surface area contributed by atoms with Crippen molar-refractivity contribution in [2.75, 3.05) is 7.11 Å². The second-order valence-electron chi connectivity index (χ2n) is 7.56. The Bertz CT molecular complexity index is 331. The number of esters is 1. The molecule has 0 aliphatic heterocycles. The fourth-order valence-corrected chi connectivity index (χ4v) is 5.46. The molecule has 4 saturated carbocycles. The molecule has 0 aromatic carbocycles. The van der Waals surface area contributed by atoms with Gasteiger partial charge in [-0.3, -0.25) is 10.1 Å². The molecule has 1 N–H and O–H groups in total. The molecule has 0 aromatic heterocycles.